The SMILES string of the molecule is [B]c1cc(OCC)c(F)cn1. The molecule has 0 N–H and O–H groups in total. The Balaban J connectivity index is 2.93. The smallest absolute Gasteiger partial charge is 0.183 e. The van der Waals surface area contributed by atoms with Gasteiger partial charge in [-0.2, -0.15) is 0 Å². The molecule has 0 aliphatic heterocycles. The summed E-state index contributed by atoms with van der Waals surface area (Å²) in [7, 11) is 5.30. The lowest BCUT2D eigenvalue weighted by molar-refractivity contribution is 0.321. The van der Waals surface area contributed by atoms with Gasteiger partial charge in [0.2, 0.25) is 0 Å². The maximum atomic E-state index is 12.7. The van der Waals surface area contributed by atoms with Gasteiger partial charge >= 0.3 is 0 Å². The van der Waals surface area contributed by atoms with Crippen LogP contribution in [0.4, 0.5) is 4.39 Å². The van der Waals surface area contributed by atoms with E-state index in [1.807, 2.05) is 0 Å². The number of halogens is 1. The van der Waals surface area contributed by atoms with Crippen molar-refractivity contribution in [2.45, 2.75) is 6.92 Å². The van der Waals surface area contributed by atoms with Gasteiger partial charge in [0.15, 0.2) is 11.6 Å². The molecular formula is C7H7BFNO. The molecule has 11 heavy (non-hydrogen) atoms. The third-order valence-corrected chi connectivity index (χ3v) is 1.14. The van der Waals surface area contributed by atoms with Crippen molar-refractivity contribution < 1.29 is 9.13 Å². The van der Waals surface area contributed by atoms with Gasteiger partial charge in [0.05, 0.1) is 12.8 Å². The van der Waals surface area contributed by atoms with Crippen molar-refractivity contribution in [1.82, 2.24) is 4.98 Å². The summed E-state index contributed by atoms with van der Waals surface area (Å²) in [6.45, 7) is 2.19. The minimum atomic E-state index is -0.485. The Morgan fingerprint density at radius 3 is 3.09 bits per heavy atom. The first-order valence-corrected chi connectivity index (χ1v) is 3.28. The summed E-state index contributed by atoms with van der Waals surface area (Å²) in [5.74, 6) is -0.332. The standard InChI is InChI=1S/C7H7BFNO/c1-2-11-6-3-7(8)10-4-5(6)9/h3-4H,2H2,1H3. The van der Waals surface area contributed by atoms with Crippen LogP contribution < -0.4 is 10.3 Å². The predicted molar refractivity (Wildman–Crippen MR) is 40.8 cm³/mol. The van der Waals surface area contributed by atoms with Crippen LogP contribution in [0.5, 0.6) is 5.75 Å². The molecule has 2 nitrogen and oxygen atoms in total. The highest BCUT2D eigenvalue weighted by Crippen LogP contribution is 2.11. The topological polar surface area (TPSA) is 22.1 Å². The predicted octanol–water partition coefficient (Wildman–Crippen LogP) is 0.413. The first kappa shape index (κ1) is 8.05. The molecular weight excluding hydrogens is 144 g/mol. The van der Waals surface area contributed by atoms with Gasteiger partial charge in [-0.1, -0.05) is 0 Å². The van der Waals surface area contributed by atoms with E-state index in [9.17, 15) is 4.39 Å². The molecule has 0 spiro atoms. The summed E-state index contributed by atoms with van der Waals surface area (Å²) >= 11 is 0. The second kappa shape index (κ2) is 3.37. The molecule has 0 atom stereocenters. The highest BCUT2D eigenvalue weighted by Gasteiger charge is 2.01. The minimum Gasteiger partial charge on any atom is -0.491 e. The highest BCUT2D eigenvalue weighted by atomic mass is 19.1. The summed E-state index contributed by atoms with van der Waals surface area (Å²) in [6.07, 6.45) is 1.04. The van der Waals surface area contributed by atoms with Crippen LogP contribution in [-0.4, -0.2) is 19.4 Å². The van der Waals surface area contributed by atoms with Crippen LogP contribution in [0, 0.1) is 5.82 Å². The fourth-order valence-corrected chi connectivity index (χ4v) is 0.701. The lowest BCUT2D eigenvalue weighted by atomic mass is 10.0. The van der Waals surface area contributed by atoms with Crippen molar-refractivity contribution in [3.63, 3.8) is 0 Å². The second-order valence-corrected chi connectivity index (χ2v) is 1.97. The van der Waals surface area contributed by atoms with Crippen molar-refractivity contribution in [2.24, 2.45) is 0 Å². The summed E-state index contributed by atoms with van der Waals surface area (Å²) in [5.41, 5.74) is 0.259. The van der Waals surface area contributed by atoms with Crippen molar-refractivity contribution in [1.29, 1.82) is 0 Å². The number of nitrogens with zero attached hydrogens (tertiary/aromatic N) is 1. The molecule has 2 radical (unpaired) electrons. The highest BCUT2D eigenvalue weighted by molar-refractivity contribution is 6.30. The van der Waals surface area contributed by atoms with E-state index >= 15 is 0 Å². The van der Waals surface area contributed by atoms with Gasteiger partial charge in [0, 0.05) is 0 Å². The molecule has 1 rings (SSSR count). The van der Waals surface area contributed by atoms with Gasteiger partial charge in [-0.15, -0.1) is 0 Å². The number of pyridine rings is 1. The Hall–Kier alpha value is -1.06. The second-order valence-electron chi connectivity index (χ2n) is 1.97. The number of hydrogen-bond donors (Lipinski definition) is 0. The van der Waals surface area contributed by atoms with Crippen molar-refractivity contribution in [3.05, 3.63) is 18.1 Å². The van der Waals surface area contributed by atoms with Crippen molar-refractivity contribution >= 4 is 13.4 Å². The summed E-state index contributed by atoms with van der Waals surface area (Å²) in [6, 6.07) is 1.36. The van der Waals surface area contributed by atoms with Gasteiger partial charge < -0.3 is 4.74 Å². The fraction of sp³-hybridized carbons (Fsp3) is 0.286. The zero-order chi connectivity index (χ0) is 8.27. The van der Waals surface area contributed by atoms with Crippen LogP contribution >= 0.6 is 0 Å². The first-order valence-electron chi connectivity index (χ1n) is 3.28. The van der Waals surface area contributed by atoms with E-state index in [1.165, 1.54) is 6.07 Å². The molecule has 0 bridgehead atoms. The van der Waals surface area contributed by atoms with E-state index in [4.69, 9.17) is 12.6 Å². The molecule has 0 aliphatic carbocycles. The zero-order valence-corrected chi connectivity index (χ0v) is 6.17. The van der Waals surface area contributed by atoms with Gasteiger partial charge in [-0.05, 0) is 18.6 Å². The van der Waals surface area contributed by atoms with Gasteiger partial charge in [0.1, 0.15) is 7.85 Å². The molecule has 56 valence electrons. The molecule has 1 aromatic rings. The number of aromatic nitrogens is 1. The largest absolute Gasteiger partial charge is 0.491 e. The van der Waals surface area contributed by atoms with E-state index in [0.717, 1.165) is 6.20 Å². The van der Waals surface area contributed by atoms with Crippen LogP contribution in [0.15, 0.2) is 12.3 Å². The third-order valence-electron chi connectivity index (χ3n) is 1.14. The molecule has 0 saturated carbocycles. The lowest BCUT2D eigenvalue weighted by Crippen LogP contribution is -2.09. The Morgan fingerprint density at radius 1 is 1.73 bits per heavy atom. The molecule has 0 fully saturated rings. The lowest BCUT2D eigenvalue weighted by Gasteiger charge is -2.03. The number of rotatable bonds is 2. The van der Waals surface area contributed by atoms with Crippen LogP contribution in [0.2, 0.25) is 0 Å². The number of ether oxygens (including phenoxy) is 1. The average molecular weight is 151 g/mol. The van der Waals surface area contributed by atoms with Gasteiger partial charge in [-0.3, -0.25) is 4.98 Å². The Morgan fingerprint density at radius 2 is 2.45 bits per heavy atom. The molecule has 0 aromatic carbocycles. The van der Waals surface area contributed by atoms with E-state index in [1.54, 1.807) is 6.92 Å². The van der Waals surface area contributed by atoms with Crippen LogP contribution in [-0.2, 0) is 0 Å². The summed E-state index contributed by atoms with van der Waals surface area (Å²) < 4.78 is 17.6. The first-order chi connectivity index (χ1) is 5.24. The van der Waals surface area contributed by atoms with Gasteiger partial charge in [-0.25, -0.2) is 4.39 Å². The maximum Gasteiger partial charge on any atom is 0.183 e. The Bertz CT molecular complexity index is 254. The van der Waals surface area contributed by atoms with Gasteiger partial charge in [0.25, 0.3) is 0 Å². The Kier molecular flexibility index (Phi) is 2.46. The van der Waals surface area contributed by atoms with E-state index in [-0.39, 0.29) is 11.3 Å². The molecule has 0 amide bonds. The fourth-order valence-electron chi connectivity index (χ4n) is 0.701. The minimum absolute atomic E-state index is 0.153. The monoisotopic (exact) mass is 151 g/mol. The molecule has 4 heteroatoms. The van der Waals surface area contributed by atoms with E-state index in [0.29, 0.717) is 6.61 Å². The molecule has 0 unspecified atom stereocenters. The van der Waals surface area contributed by atoms with Crippen LogP contribution in [0.1, 0.15) is 6.92 Å². The quantitative estimate of drug-likeness (QED) is 0.571. The molecule has 1 aromatic heterocycles. The third kappa shape index (κ3) is 1.93. The maximum absolute atomic E-state index is 12.7. The van der Waals surface area contributed by atoms with Crippen molar-refractivity contribution in [3.8, 4) is 5.75 Å². The molecule has 0 saturated heterocycles. The zero-order valence-electron chi connectivity index (χ0n) is 6.17. The summed E-state index contributed by atoms with van der Waals surface area (Å²) in [4.78, 5) is 3.54. The number of hydrogen-bond acceptors (Lipinski definition) is 2. The average Bonchev–Trinajstić information content (AvgIpc) is 1.98. The summed E-state index contributed by atoms with van der Waals surface area (Å²) in [5, 5.41) is 0. The normalized spacial score (nSPS) is 9.64. The van der Waals surface area contributed by atoms with Crippen LogP contribution in [0.25, 0.3) is 0 Å². The van der Waals surface area contributed by atoms with E-state index < -0.39 is 5.82 Å². The molecule has 1 heterocycles. The van der Waals surface area contributed by atoms with Crippen molar-refractivity contribution in [2.75, 3.05) is 6.61 Å². The van der Waals surface area contributed by atoms with Crippen LogP contribution in [0.3, 0.4) is 0 Å². The molecule has 0 aliphatic rings. The Labute approximate surface area is 65.8 Å². The van der Waals surface area contributed by atoms with E-state index in [2.05, 4.69) is 4.98 Å².